The fourth-order valence-electron chi connectivity index (χ4n) is 0.951. The molecule has 0 bridgehead atoms. The van der Waals surface area contributed by atoms with E-state index >= 15 is 0 Å². The Balaban J connectivity index is 3.16. The molecule has 0 saturated heterocycles. The van der Waals surface area contributed by atoms with Gasteiger partial charge in [-0.2, -0.15) is 0 Å². The van der Waals surface area contributed by atoms with E-state index in [1.165, 1.54) is 0 Å². The van der Waals surface area contributed by atoms with E-state index in [0.717, 1.165) is 19.3 Å². The topological polar surface area (TPSA) is 40.5 Å². The quantitative estimate of drug-likeness (QED) is 0.614. The first-order chi connectivity index (χ1) is 4.66. The molecule has 0 aromatic carbocycles. The molecule has 0 fully saturated rings. The molecule has 10 heavy (non-hydrogen) atoms. The van der Waals surface area contributed by atoms with Gasteiger partial charge in [0.05, 0.1) is 12.2 Å². The van der Waals surface area contributed by atoms with E-state index in [-0.39, 0.29) is 12.2 Å². The summed E-state index contributed by atoms with van der Waals surface area (Å²) in [4.78, 5) is 0. The molecule has 0 aromatic rings. The molecule has 2 N–H and O–H groups in total. The summed E-state index contributed by atoms with van der Waals surface area (Å²) < 4.78 is 0. The van der Waals surface area contributed by atoms with Crippen molar-refractivity contribution in [2.24, 2.45) is 0 Å². The van der Waals surface area contributed by atoms with Crippen LogP contribution in [0.25, 0.3) is 0 Å². The summed E-state index contributed by atoms with van der Waals surface area (Å²) in [5.74, 6) is 0. The highest BCUT2D eigenvalue weighted by Crippen LogP contribution is 2.05. The molecule has 0 spiro atoms. The van der Waals surface area contributed by atoms with Crippen molar-refractivity contribution in [2.45, 2.75) is 51.7 Å². The van der Waals surface area contributed by atoms with Gasteiger partial charge in [0.25, 0.3) is 0 Å². The first-order valence-corrected chi connectivity index (χ1v) is 4.03. The summed E-state index contributed by atoms with van der Waals surface area (Å²) >= 11 is 0. The predicted molar refractivity (Wildman–Crippen MR) is 41.8 cm³/mol. The Kier molecular flexibility index (Phi) is 5.64. The SMILES string of the molecule is CCCC[C@@H](O)C[C@@H](C)O. The molecule has 0 rings (SSSR count). The Labute approximate surface area is 62.9 Å². The fourth-order valence-corrected chi connectivity index (χ4v) is 0.951. The van der Waals surface area contributed by atoms with Gasteiger partial charge in [0.2, 0.25) is 0 Å². The maximum absolute atomic E-state index is 9.19. The van der Waals surface area contributed by atoms with Crippen molar-refractivity contribution in [1.82, 2.24) is 0 Å². The van der Waals surface area contributed by atoms with Crippen LogP contribution in [-0.2, 0) is 0 Å². The molecule has 0 radical (unpaired) electrons. The van der Waals surface area contributed by atoms with E-state index in [9.17, 15) is 5.11 Å². The van der Waals surface area contributed by atoms with E-state index in [1.807, 2.05) is 0 Å². The smallest absolute Gasteiger partial charge is 0.0564 e. The van der Waals surface area contributed by atoms with Gasteiger partial charge in [0.1, 0.15) is 0 Å². The van der Waals surface area contributed by atoms with Gasteiger partial charge in [-0.15, -0.1) is 0 Å². The van der Waals surface area contributed by atoms with Gasteiger partial charge in [-0.25, -0.2) is 0 Å². The zero-order valence-corrected chi connectivity index (χ0v) is 6.88. The molecule has 0 unspecified atom stereocenters. The van der Waals surface area contributed by atoms with Crippen LogP contribution in [0.3, 0.4) is 0 Å². The molecule has 0 aliphatic heterocycles. The van der Waals surface area contributed by atoms with Crippen LogP contribution in [-0.4, -0.2) is 22.4 Å². The van der Waals surface area contributed by atoms with Crippen LogP contribution in [0.1, 0.15) is 39.5 Å². The third kappa shape index (κ3) is 6.05. The lowest BCUT2D eigenvalue weighted by Gasteiger charge is -2.10. The Bertz CT molecular complexity index is 71.7. The third-order valence-corrected chi connectivity index (χ3v) is 1.50. The van der Waals surface area contributed by atoms with Crippen LogP contribution in [0.15, 0.2) is 0 Å². The lowest BCUT2D eigenvalue weighted by atomic mass is 10.1. The highest BCUT2D eigenvalue weighted by atomic mass is 16.3. The minimum Gasteiger partial charge on any atom is -0.393 e. The lowest BCUT2D eigenvalue weighted by molar-refractivity contribution is 0.0838. The highest BCUT2D eigenvalue weighted by molar-refractivity contribution is 4.58. The molecule has 2 heteroatoms. The molecule has 62 valence electrons. The summed E-state index contributed by atoms with van der Waals surface area (Å²) in [6, 6.07) is 0. The molecular formula is C8H18O2. The average Bonchev–Trinajstić information content (AvgIpc) is 1.82. The maximum atomic E-state index is 9.19. The van der Waals surface area contributed by atoms with E-state index in [2.05, 4.69) is 6.92 Å². The molecule has 0 saturated carbocycles. The van der Waals surface area contributed by atoms with E-state index in [1.54, 1.807) is 6.92 Å². The number of aliphatic hydroxyl groups excluding tert-OH is 2. The van der Waals surface area contributed by atoms with Crippen LogP contribution in [0.5, 0.6) is 0 Å². The van der Waals surface area contributed by atoms with Gasteiger partial charge in [0.15, 0.2) is 0 Å². The lowest BCUT2D eigenvalue weighted by Crippen LogP contribution is -2.14. The van der Waals surface area contributed by atoms with Gasteiger partial charge >= 0.3 is 0 Å². The Hall–Kier alpha value is -0.0800. The summed E-state index contributed by atoms with van der Waals surface area (Å²) in [5.41, 5.74) is 0. The molecule has 0 aliphatic carbocycles. The first-order valence-electron chi connectivity index (χ1n) is 4.03. The van der Waals surface area contributed by atoms with Gasteiger partial charge in [-0.1, -0.05) is 19.8 Å². The zero-order valence-electron chi connectivity index (χ0n) is 6.88. The number of rotatable bonds is 5. The molecular weight excluding hydrogens is 128 g/mol. The van der Waals surface area contributed by atoms with Crippen molar-refractivity contribution in [3.63, 3.8) is 0 Å². The van der Waals surface area contributed by atoms with Crippen molar-refractivity contribution in [3.8, 4) is 0 Å². The summed E-state index contributed by atoms with van der Waals surface area (Å²) in [6.07, 6.45) is 2.82. The largest absolute Gasteiger partial charge is 0.393 e. The maximum Gasteiger partial charge on any atom is 0.0564 e. The molecule has 2 atom stereocenters. The Morgan fingerprint density at radius 2 is 1.90 bits per heavy atom. The number of aliphatic hydroxyl groups is 2. The summed E-state index contributed by atoms with van der Waals surface area (Å²) in [7, 11) is 0. The van der Waals surface area contributed by atoms with Crippen LogP contribution < -0.4 is 0 Å². The van der Waals surface area contributed by atoms with Crippen LogP contribution in [0.2, 0.25) is 0 Å². The van der Waals surface area contributed by atoms with Gasteiger partial charge in [-0.05, 0) is 19.8 Å². The molecule has 0 heterocycles. The molecule has 0 aromatic heterocycles. The second-order valence-corrected chi connectivity index (χ2v) is 2.88. The van der Waals surface area contributed by atoms with Crippen LogP contribution in [0.4, 0.5) is 0 Å². The summed E-state index contributed by atoms with van der Waals surface area (Å²) in [6.45, 7) is 3.80. The third-order valence-electron chi connectivity index (χ3n) is 1.50. The minimum atomic E-state index is -0.369. The van der Waals surface area contributed by atoms with Gasteiger partial charge in [-0.3, -0.25) is 0 Å². The first kappa shape index (κ1) is 9.92. The number of hydrogen-bond acceptors (Lipinski definition) is 2. The van der Waals surface area contributed by atoms with Crippen LogP contribution in [0, 0.1) is 0 Å². The Morgan fingerprint density at radius 1 is 1.30 bits per heavy atom. The van der Waals surface area contributed by atoms with Gasteiger partial charge < -0.3 is 10.2 Å². The van der Waals surface area contributed by atoms with Crippen molar-refractivity contribution < 1.29 is 10.2 Å². The van der Waals surface area contributed by atoms with Crippen LogP contribution >= 0.6 is 0 Å². The van der Waals surface area contributed by atoms with Gasteiger partial charge in [0, 0.05) is 0 Å². The minimum absolute atomic E-state index is 0.306. The van der Waals surface area contributed by atoms with E-state index < -0.39 is 0 Å². The Morgan fingerprint density at radius 3 is 2.30 bits per heavy atom. The average molecular weight is 146 g/mol. The normalized spacial score (nSPS) is 16.8. The second kappa shape index (κ2) is 5.69. The fraction of sp³-hybridized carbons (Fsp3) is 1.00. The summed E-state index contributed by atoms with van der Waals surface area (Å²) in [5, 5.41) is 18.1. The zero-order chi connectivity index (χ0) is 7.98. The van der Waals surface area contributed by atoms with E-state index in [4.69, 9.17) is 5.11 Å². The molecule has 2 nitrogen and oxygen atoms in total. The molecule has 0 aliphatic rings. The second-order valence-electron chi connectivity index (χ2n) is 2.88. The van der Waals surface area contributed by atoms with Crippen molar-refractivity contribution >= 4 is 0 Å². The van der Waals surface area contributed by atoms with E-state index in [0.29, 0.717) is 6.42 Å². The van der Waals surface area contributed by atoms with Crippen molar-refractivity contribution in [3.05, 3.63) is 0 Å². The standard InChI is InChI=1S/C8H18O2/c1-3-4-5-8(10)6-7(2)9/h7-10H,3-6H2,1-2H3/t7-,8-/m1/s1. The predicted octanol–water partition coefficient (Wildman–Crippen LogP) is 1.31. The van der Waals surface area contributed by atoms with Crippen molar-refractivity contribution in [1.29, 1.82) is 0 Å². The highest BCUT2D eigenvalue weighted by Gasteiger charge is 2.05. The molecule has 0 amide bonds. The number of hydrogen-bond donors (Lipinski definition) is 2. The monoisotopic (exact) mass is 146 g/mol. The number of unbranched alkanes of at least 4 members (excludes halogenated alkanes) is 1. The van der Waals surface area contributed by atoms with Crippen molar-refractivity contribution in [2.75, 3.05) is 0 Å².